The van der Waals surface area contributed by atoms with Gasteiger partial charge in [0.15, 0.2) is 16.7 Å². The number of hydrogen-bond donors (Lipinski definition) is 1. The van der Waals surface area contributed by atoms with E-state index in [2.05, 4.69) is 20.3 Å². The molecular formula is C12H11F2N3O3S. The molecule has 0 spiro atoms. The van der Waals surface area contributed by atoms with Crippen molar-refractivity contribution < 1.29 is 23.0 Å². The van der Waals surface area contributed by atoms with E-state index in [1.54, 1.807) is 0 Å². The first-order chi connectivity index (χ1) is 10.1. The van der Waals surface area contributed by atoms with Gasteiger partial charge in [0.05, 0.1) is 19.1 Å². The molecule has 9 heteroatoms. The Kier molecular flexibility index (Phi) is 5.09. The molecule has 0 saturated carbocycles. The molecule has 0 atom stereocenters. The second kappa shape index (κ2) is 7.02. The Labute approximate surface area is 123 Å². The van der Waals surface area contributed by atoms with Crippen molar-refractivity contribution in [2.45, 2.75) is 6.61 Å². The molecule has 1 aliphatic heterocycles. The highest BCUT2D eigenvalue weighted by Gasteiger charge is 2.16. The quantitative estimate of drug-likeness (QED) is 0.665. The average molecular weight is 315 g/mol. The van der Waals surface area contributed by atoms with Gasteiger partial charge in [-0.05, 0) is 23.8 Å². The molecule has 2 rings (SSSR count). The fourth-order valence-corrected chi connectivity index (χ4v) is 2.12. The van der Waals surface area contributed by atoms with Gasteiger partial charge >= 0.3 is 6.61 Å². The molecule has 1 aromatic carbocycles. The number of hydrogen-bond acceptors (Lipinski definition) is 6. The molecule has 6 nitrogen and oxygen atoms in total. The normalized spacial score (nSPS) is 16.8. The minimum atomic E-state index is -2.92. The van der Waals surface area contributed by atoms with Crippen LogP contribution in [-0.2, 0) is 4.79 Å². The van der Waals surface area contributed by atoms with Crippen LogP contribution in [0.15, 0.2) is 28.4 Å². The van der Waals surface area contributed by atoms with Gasteiger partial charge in [0.1, 0.15) is 0 Å². The zero-order valence-corrected chi connectivity index (χ0v) is 11.7. The second-order valence-electron chi connectivity index (χ2n) is 3.78. The molecule has 0 bridgehead atoms. The Morgan fingerprint density at radius 1 is 1.43 bits per heavy atom. The summed E-state index contributed by atoms with van der Waals surface area (Å²) in [7, 11) is 1.35. The van der Waals surface area contributed by atoms with Crippen molar-refractivity contribution in [3.63, 3.8) is 0 Å². The molecule has 1 N–H and O–H groups in total. The van der Waals surface area contributed by atoms with Crippen molar-refractivity contribution in [3.8, 4) is 11.5 Å². The van der Waals surface area contributed by atoms with Crippen LogP contribution in [0, 0.1) is 0 Å². The predicted octanol–water partition coefficient (Wildman–Crippen LogP) is 1.85. The summed E-state index contributed by atoms with van der Waals surface area (Å²) in [6, 6.07) is 4.37. The van der Waals surface area contributed by atoms with E-state index in [4.69, 9.17) is 4.74 Å². The molecule has 0 radical (unpaired) electrons. The van der Waals surface area contributed by atoms with Crippen LogP contribution in [-0.4, -0.2) is 36.8 Å². The minimum Gasteiger partial charge on any atom is -0.493 e. The number of methoxy groups -OCH3 is 1. The number of amides is 1. The highest BCUT2D eigenvalue weighted by Crippen LogP contribution is 2.28. The molecule has 1 aromatic rings. The summed E-state index contributed by atoms with van der Waals surface area (Å²) in [6.07, 6.45) is 1.41. The lowest BCUT2D eigenvalue weighted by molar-refractivity contribution is -0.116. The maximum atomic E-state index is 12.2. The van der Waals surface area contributed by atoms with E-state index >= 15 is 0 Å². The third-order valence-corrected chi connectivity index (χ3v) is 3.21. The van der Waals surface area contributed by atoms with E-state index in [1.165, 1.54) is 43.3 Å². The zero-order valence-electron chi connectivity index (χ0n) is 10.9. The summed E-state index contributed by atoms with van der Waals surface area (Å²) in [6.45, 7) is -2.92. The number of alkyl halides is 2. The Morgan fingerprint density at radius 3 is 2.86 bits per heavy atom. The summed E-state index contributed by atoms with van der Waals surface area (Å²) in [5.41, 5.74) is 0.590. The molecule has 0 aromatic heterocycles. The third kappa shape index (κ3) is 4.42. The minimum absolute atomic E-state index is 0.0606. The van der Waals surface area contributed by atoms with Crippen LogP contribution in [0.1, 0.15) is 5.56 Å². The lowest BCUT2D eigenvalue weighted by Crippen LogP contribution is -2.19. The Bertz CT molecular complexity index is 593. The van der Waals surface area contributed by atoms with Crippen LogP contribution < -0.4 is 14.8 Å². The number of amidine groups is 1. The van der Waals surface area contributed by atoms with Gasteiger partial charge in [0.2, 0.25) is 5.91 Å². The molecule has 1 amide bonds. The smallest absolute Gasteiger partial charge is 0.387 e. The molecule has 112 valence electrons. The molecule has 21 heavy (non-hydrogen) atoms. The van der Waals surface area contributed by atoms with Gasteiger partial charge in [-0.15, -0.1) is 5.10 Å². The second-order valence-corrected chi connectivity index (χ2v) is 4.74. The van der Waals surface area contributed by atoms with Crippen molar-refractivity contribution in [1.82, 2.24) is 5.32 Å². The van der Waals surface area contributed by atoms with Crippen molar-refractivity contribution in [2.75, 3.05) is 12.9 Å². The molecule has 0 aliphatic carbocycles. The number of halogens is 2. The first-order valence-corrected chi connectivity index (χ1v) is 6.73. The maximum Gasteiger partial charge on any atom is 0.387 e. The molecule has 0 unspecified atom stereocenters. The Morgan fingerprint density at radius 2 is 2.24 bits per heavy atom. The number of carbonyl (C=O) groups excluding carboxylic acids is 1. The predicted molar refractivity (Wildman–Crippen MR) is 75.3 cm³/mol. The van der Waals surface area contributed by atoms with E-state index in [0.29, 0.717) is 16.5 Å². The number of benzene rings is 1. The van der Waals surface area contributed by atoms with Gasteiger partial charge in [0.25, 0.3) is 0 Å². The van der Waals surface area contributed by atoms with Gasteiger partial charge in [-0.1, -0.05) is 11.8 Å². The van der Waals surface area contributed by atoms with Gasteiger partial charge in [-0.25, -0.2) is 0 Å². The molecule has 1 fully saturated rings. The van der Waals surface area contributed by atoms with Crippen LogP contribution in [0.2, 0.25) is 0 Å². The van der Waals surface area contributed by atoms with E-state index in [1.807, 2.05) is 0 Å². The number of nitrogens with zero attached hydrogens (tertiary/aromatic N) is 2. The maximum absolute atomic E-state index is 12.2. The highest BCUT2D eigenvalue weighted by atomic mass is 32.2. The number of ether oxygens (including phenoxy) is 2. The van der Waals surface area contributed by atoms with Gasteiger partial charge < -0.3 is 14.8 Å². The number of nitrogens with one attached hydrogen (secondary N) is 1. The monoisotopic (exact) mass is 315 g/mol. The van der Waals surface area contributed by atoms with E-state index in [0.717, 1.165) is 0 Å². The van der Waals surface area contributed by atoms with Crippen LogP contribution in [0.25, 0.3) is 0 Å². The lowest BCUT2D eigenvalue weighted by Gasteiger charge is -2.09. The lowest BCUT2D eigenvalue weighted by atomic mass is 10.2. The average Bonchev–Trinajstić information content (AvgIpc) is 2.85. The first-order valence-electron chi connectivity index (χ1n) is 5.75. The number of carbonyl (C=O) groups is 1. The van der Waals surface area contributed by atoms with Crippen molar-refractivity contribution >= 4 is 29.1 Å². The van der Waals surface area contributed by atoms with Crippen molar-refractivity contribution in [2.24, 2.45) is 10.2 Å². The van der Waals surface area contributed by atoms with E-state index in [9.17, 15) is 13.6 Å². The Hall–Kier alpha value is -2.16. The highest BCUT2D eigenvalue weighted by molar-refractivity contribution is 8.15. The molecule has 1 saturated heterocycles. The first kappa shape index (κ1) is 15.2. The SMILES string of the molecule is COc1cc(C=NN=C2NC(=O)CS2)ccc1OC(F)F. The summed E-state index contributed by atoms with van der Waals surface area (Å²) >= 11 is 1.25. The van der Waals surface area contributed by atoms with Crippen LogP contribution >= 0.6 is 11.8 Å². The molecule has 1 heterocycles. The van der Waals surface area contributed by atoms with Crippen molar-refractivity contribution in [1.29, 1.82) is 0 Å². The third-order valence-electron chi connectivity index (χ3n) is 2.35. The van der Waals surface area contributed by atoms with Crippen LogP contribution in [0.4, 0.5) is 8.78 Å². The van der Waals surface area contributed by atoms with E-state index < -0.39 is 6.61 Å². The van der Waals surface area contributed by atoms with Crippen LogP contribution in [0.5, 0.6) is 11.5 Å². The number of rotatable bonds is 5. The van der Waals surface area contributed by atoms with E-state index in [-0.39, 0.29) is 17.4 Å². The number of thioether (sulfide) groups is 1. The topological polar surface area (TPSA) is 72.3 Å². The van der Waals surface area contributed by atoms with Gasteiger partial charge in [-0.3, -0.25) is 4.79 Å². The summed E-state index contributed by atoms with van der Waals surface area (Å²) in [5.74, 6) is 0.302. The standard InChI is InChI=1S/C12H11F2N3O3S/c1-19-9-4-7(2-3-8(9)20-11(13)14)5-15-17-12-16-10(18)6-21-12/h2-5,11H,6H2,1H3,(H,16,17,18). The Balaban J connectivity index is 2.08. The largest absolute Gasteiger partial charge is 0.493 e. The summed E-state index contributed by atoms with van der Waals surface area (Å²) < 4.78 is 33.6. The molecular weight excluding hydrogens is 304 g/mol. The van der Waals surface area contributed by atoms with Crippen molar-refractivity contribution in [3.05, 3.63) is 23.8 Å². The van der Waals surface area contributed by atoms with Crippen LogP contribution in [0.3, 0.4) is 0 Å². The fraction of sp³-hybridized carbons (Fsp3) is 0.250. The van der Waals surface area contributed by atoms with Gasteiger partial charge in [-0.2, -0.15) is 13.9 Å². The summed E-state index contributed by atoms with van der Waals surface area (Å²) in [5, 5.41) is 10.6. The summed E-state index contributed by atoms with van der Waals surface area (Å²) in [4.78, 5) is 10.9. The fourth-order valence-electron chi connectivity index (χ4n) is 1.49. The molecule has 1 aliphatic rings. The zero-order chi connectivity index (χ0) is 15.2. The van der Waals surface area contributed by atoms with Gasteiger partial charge in [0, 0.05) is 0 Å².